The van der Waals surface area contributed by atoms with E-state index in [0.29, 0.717) is 5.56 Å². The number of carbonyl (C=O) groups excluding carboxylic acids is 1. The van der Waals surface area contributed by atoms with Crippen LogP contribution in [0.4, 0.5) is 13.2 Å². The summed E-state index contributed by atoms with van der Waals surface area (Å²) in [6.45, 7) is 0. The Kier molecular flexibility index (Phi) is 3.55. The first-order chi connectivity index (χ1) is 6.88. The largest absolute Gasteiger partial charge is 0.389 e. The van der Waals surface area contributed by atoms with Gasteiger partial charge in [-0.3, -0.25) is 4.79 Å². The first-order valence-corrected chi connectivity index (χ1v) is 4.55. The molecule has 0 atom stereocenters. The second-order valence-corrected chi connectivity index (χ2v) is 3.41. The molecule has 1 nitrogen and oxygen atoms in total. The van der Waals surface area contributed by atoms with E-state index < -0.39 is 24.8 Å². The molecule has 0 amide bonds. The monoisotopic (exact) mass is 214 g/mol. The van der Waals surface area contributed by atoms with Crippen molar-refractivity contribution in [3.05, 3.63) is 29.8 Å². The van der Waals surface area contributed by atoms with Crippen LogP contribution in [0.25, 0.3) is 0 Å². The Morgan fingerprint density at radius 3 is 2.53 bits per heavy atom. The topological polar surface area (TPSA) is 17.1 Å². The number of hydrogen-bond donors (Lipinski definition) is 0. The lowest BCUT2D eigenvalue weighted by atomic mass is 9.93. The minimum atomic E-state index is -4.26. The fourth-order valence-electron chi connectivity index (χ4n) is 1.22. The van der Waals surface area contributed by atoms with E-state index in [0.717, 1.165) is 5.46 Å². The molecular weight excluding hydrogens is 204 g/mol. The van der Waals surface area contributed by atoms with Gasteiger partial charge in [-0.25, -0.2) is 0 Å². The van der Waals surface area contributed by atoms with Gasteiger partial charge in [-0.2, -0.15) is 13.2 Å². The second kappa shape index (κ2) is 4.51. The molecule has 0 fully saturated rings. The maximum absolute atomic E-state index is 11.9. The normalized spacial score (nSPS) is 11.4. The van der Waals surface area contributed by atoms with Gasteiger partial charge in [0.15, 0.2) is 5.78 Å². The van der Waals surface area contributed by atoms with Gasteiger partial charge in [0.05, 0.1) is 6.42 Å². The van der Waals surface area contributed by atoms with E-state index in [1.165, 1.54) is 6.07 Å². The van der Waals surface area contributed by atoms with Crippen molar-refractivity contribution in [2.24, 2.45) is 0 Å². The average Bonchev–Trinajstić information content (AvgIpc) is 2.13. The van der Waals surface area contributed by atoms with Crippen LogP contribution in [0.5, 0.6) is 0 Å². The predicted molar refractivity (Wildman–Crippen MR) is 54.2 cm³/mol. The van der Waals surface area contributed by atoms with Crippen molar-refractivity contribution < 1.29 is 18.0 Å². The molecule has 0 saturated heterocycles. The minimum absolute atomic E-state index is 0.347. The summed E-state index contributed by atoms with van der Waals surface area (Å²) in [5, 5.41) is 0. The molecule has 0 heterocycles. The van der Waals surface area contributed by atoms with Crippen molar-refractivity contribution in [3.8, 4) is 0 Å². The van der Waals surface area contributed by atoms with Crippen LogP contribution in [0.15, 0.2) is 24.3 Å². The number of carbonyl (C=O) groups is 1. The minimum Gasteiger partial charge on any atom is -0.294 e. The number of benzene rings is 1. The molecule has 0 aliphatic heterocycles. The van der Waals surface area contributed by atoms with Crippen LogP contribution >= 0.6 is 0 Å². The summed E-state index contributed by atoms with van der Waals surface area (Å²) in [6.07, 6.45) is -5.80. The molecule has 80 valence electrons. The molecular formula is C10H10BF3O. The first-order valence-electron chi connectivity index (χ1n) is 4.55. The highest BCUT2D eigenvalue weighted by molar-refractivity contribution is 6.32. The highest BCUT2D eigenvalue weighted by Crippen LogP contribution is 2.22. The average molecular weight is 214 g/mol. The van der Waals surface area contributed by atoms with Gasteiger partial charge < -0.3 is 0 Å². The zero-order valence-corrected chi connectivity index (χ0v) is 8.27. The van der Waals surface area contributed by atoms with E-state index in [4.69, 9.17) is 0 Å². The Labute approximate surface area is 86.7 Å². The molecule has 0 spiro atoms. The fraction of sp³-hybridized carbons (Fsp3) is 0.300. The summed E-state index contributed by atoms with van der Waals surface area (Å²) in [5.41, 5.74) is 1.21. The van der Waals surface area contributed by atoms with Gasteiger partial charge in [-0.1, -0.05) is 29.7 Å². The molecule has 0 aromatic heterocycles. The van der Waals surface area contributed by atoms with Crippen LogP contribution in [-0.4, -0.2) is 19.8 Å². The second-order valence-electron chi connectivity index (χ2n) is 3.41. The SMILES string of the molecule is Bc1cccc(C(=O)CCC(F)(F)F)c1. The van der Waals surface area contributed by atoms with Crippen LogP contribution in [0.2, 0.25) is 0 Å². The summed E-state index contributed by atoms with van der Waals surface area (Å²) in [4.78, 5) is 11.3. The third-order valence-electron chi connectivity index (χ3n) is 1.98. The third-order valence-corrected chi connectivity index (χ3v) is 1.98. The third kappa shape index (κ3) is 4.19. The van der Waals surface area contributed by atoms with Gasteiger partial charge in [-0.15, -0.1) is 0 Å². The molecule has 0 bridgehead atoms. The number of ketones is 1. The van der Waals surface area contributed by atoms with Gasteiger partial charge in [0.2, 0.25) is 0 Å². The zero-order chi connectivity index (χ0) is 11.5. The van der Waals surface area contributed by atoms with E-state index in [2.05, 4.69) is 0 Å². The van der Waals surface area contributed by atoms with Crippen molar-refractivity contribution in [1.82, 2.24) is 0 Å². The predicted octanol–water partition coefficient (Wildman–Crippen LogP) is 1.47. The van der Waals surface area contributed by atoms with E-state index >= 15 is 0 Å². The maximum atomic E-state index is 11.9. The maximum Gasteiger partial charge on any atom is 0.389 e. The van der Waals surface area contributed by atoms with Crippen LogP contribution < -0.4 is 5.46 Å². The van der Waals surface area contributed by atoms with Gasteiger partial charge in [0.25, 0.3) is 0 Å². The van der Waals surface area contributed by atoms with Crippen LogP contribution in [0, 0.1) is 0 Å². The molecule has 0 unspecified atom stereocenters. The zero-order valence-electron chi connectivity index (χ0n) is 8.27. The first kappa shape index (κ1) is 11.8. The quantitative estimate of drug-likeness (QED) is 0.550. The Bertz CT molecular complexity index is 360. The number of Topliss-reactive ketones (excluding diaryl/α,β-unsaturated/α-hetero) is 1. The molecule has 0 N–H and O–H groups in total. The summed E-state index contributed by atoms with van der Waals surface area (Å²) in [7, 11) is 1.79. The van der Waals surface area contributed by atoms with Crippen molar-refractivity contribution in [1.29, 1.82) is 0 Å². The molecule has 0 saturated carbocycles. The van der Waals surface area contributed by atoms with Crippen molar-refractivity contribution in [2.45, 2.75) is 19.0 Å². The number of rotatable bonds is 3. The molecule has 1 aromatic carbocycles. The van der Waals surface area contributed by atoms with Gasteiger partial charge in [0.1, 0.15) is 7.85 Å². The highest BCUT2D eigenvalue weighted by Gasteiger charge is 2.28. The molecule has 1 aromatic rings. The molecule has 0 radical (unpaired) electrons. The summed E-state index contributed by atoms with van der Waals surface area (Å²) < 4.78 is 35.6. The molecule has 0 aliphatic rings. The molecule has 0 aliphatic carbocycles. The molecule has 15 heavy (non-hydrogen) atoms. The Morgan fingerprint density at radius 1 is 1.33 bits per heavy atom. The van der Waals surface area contributed by atoms with Gasteiger partial charge in [-0.05, 0) is 0 Å². The highest BCUT2D eigenvalue weighted by atomic mass is 19.4. The van der Waals surface area contributed by atoms with E-state index in [1.807, 2.05) is 0 Å². The summed E-state index contributed by atoms with van der Waals surface area (Å²) in [6, 6.07) is 6.58. The van der Waals surface area contributed by atoms with Crippen molar-refractivity contribution in [2.75, 3.05) is 0 Å². The molecule has 1 rings (SSSR count). The Morgan fingerprint density at radius 2 is 2.00 bits per heavy atom. The molecule has 5 heteroatoms. The van der Waals surface area contributed by atoms with E-state index in [1.54, 1.807) is 26.0 Å². The summed E-state index contributed by atoms with van der Waals surface area (Å²) in [5.74, 6) is -0.462. The van der Waals surface area contributed by atoms with Crippen LogP contribution in [0.3, 0.4) is 0 Å². The fourth-order valence-corrected chi connectivity index (χ4v) is 1.22. The Balaban J connectivity index is 2.62. The number of hydrogen-bond acceptors (Lipinski definition) is 1. The van der Waals surface area contributed by atoms with Gasteiger partial charge in [0, 0.05) is 12.0 Å². The standard InChI is InChI=1S/C10H10BF3O/c11-8-3-1-2-7(6-8)9(15)4-5-10(12,13)14/h1-3,6H,4-5,11H2. The number of alkyl halides is 3. The van der Waals surface area contributed by atoms with Gasteiger partial charge >= 0.3 is 6.18 Å². The van der Waals surface area contributed by atoms with E-state index in [9.17, 15) is 18.0 Å². The van der Waals surface area contributed by atoms with Crippen LogP contribution in [0.1, 0.15) is 23.2 Å². The van der Waals surface area contributed by atoms with Crippen molar-refractivity contribution >= 4 is 19.1 Å². The van der Waals surface area contributed by atoms with Crippen molar-refractivity contribution in [3.63, 3.8) is 0 Å². The smallest absolute Gasteiger partial charge is 0.294 e. The Hall–Kier alpha value is -1.26. The summed E-state index contributed by atoms with van der Waals surface area (Å²) >= 11 is 0. The van der Waals surface area contributed by atoms with Crippen LogP contribution in [-0.2, 0) is 0 Å². The lowest BCUT2D eigenvalue weighted by molar-refractivity contribution is -0.133. The lowest BCUT2D eigenvalue weighted by Gasteiger charge is -2.05. The lowest BCUT2D eigenvalue weighted by Crippen LogP contribution is -2.12. The number of halogens is 3. The van der Waals surface area contributed by atoms with E-state index in [-0.39, 0.29) is 0 Å².